The summed E-state index contributed by atoms with van der Waals surface area (Å²) in [4.78, 5) is 21.3. The molecule has 2 aromatic rings. The van der Waals surface area contributed by atoms with Crippen molar-refractivity contribution in [3.8, 4) is 0 Å². The number of hydrogen-bond acceptors (Lipinski definition) is 5. The van der Waals surface area contributed by atoms with E-state index >= 15 is 0 Å². The van der Waals surface area contributed by atoms with Crippen LogP contribution in [-0.4, -0.2) is 58.8 Å². The van der Waals surface area contributed by atoms with E-state index in [9.17, 15) is 4.79 Å². The van der Waals surface area contributed by atoms with Crippen molar-refractivity contribution in [2.75, 3.05) is 38.1 Å². The lowest BCUT2D eigenvalue weighted by molar-refractivity contribution is -0.124. The van der Waals surface area contributed by atoms with E-state index in [-0.39, 0.29) is 11.9 Å². The number of carbonyl (C=O) groups excluding carboxylic acids is 1. The lowest BCUT2D eigenvalue weighted by atomic mass is 10.2. The molecule has 1 amide bonds. The maximum Gasteiger partial charge on any atom is 0.244 e. The Hall–Kier alpha value is -2.41. The Kier molecular flexibility index (Phi) is 5.10. The molecule has 0 aromatic carbocycles. The zero-order valence-corrected chi connectivity index (χ0v) is 14.2. The van der Waals surface area contributed by atoms with Crippen molar-refractivity contribution in [1.29, 1.82) is 0 Å². The largest absolute Gasteiger partial charge is 0.354 e. The monoisotopic (exact) mass is 328 g/mol. The summed E-state index contributed by atoms with van der Waals surface area (Å²) in [5.41, 5.74) is 0.994. The van der Waals surface area contributed by atoms with Crippen molar-refractivity contribution in [2.24, 2.45) is 0 Å². The van der Waals surface area contributed by atoms with Gasteiger partial charge in [0.25, 0.3) is 0 Å². The third kappa shape index (κ3) is 3.91. The van der Waals surface area contributed by atoms with Crippen LogP contribution in [-0.2, 0) is 11.3 Å². The normalized spacial score (nSPS) is 16.8. The second-order valence-corrected chi connectivity index (χ2v) is 6.19. The number of nitrogens with one attached hydrogen (secondary N) is 1. The van der Waals surface area contributed by atoms with E-state index in [1.54, 1.807) is 17.1 Å². The lowest BCUT2D eigenvalue weighted by Crippen LogP contribution is -2.44. The lowest BCUT2D eigenvalue weighted by Gasteiger charge is -2.33. The number of piperazine rings is 1. The minimum absolute atomic E-state index is 0.0538. The van der Waals surface area contributed by atoms with Crippen LogP contribution < -0.4 is 10.2 Å². The molecule has 1 saturated heterocycles. The summed E-state index contributed by atoms with van der Waals surface area (Å²) in [5, 5.41) is 7.03. The summed E-state index contributed by atoms with van der Waals surface area (Å²) < 4.78 is 1.64. The van der Waals surface area contributed by atoms with Crippen LogP contribution in [0.4, 0.5) is 5.82 Å². The molecule has 1 aliphatic rings. The van der Waals surface area contributed by atoms with Crippen LogP contribution in [0.3, 0.4) is 0 Å². The van der Waals surface area contributed by atoms with Crippen LogP contribution in [0.1, 0.15) is 18.5 Å². The number of amides is 1. The molecule has 1 fully saturated rings. The Morgan fingerprint density at radius 1 is 1.29 bits per heavy atom. The molecule has 3 rings (SSSR count). The zero-order valence-electron chi connectivity index (χ0n) is 14.2. The maximum absolute atomic E-state index is 12.2. The van der Waals surface area contributed by atoms with Gasteiger partial charge in [-0.3, -0.25) is 9.48 Å². The molecule has 0 aliphatic carbocycles. The molecule has 0 bridgehead atoms. The molecule has 3 heterocycles. The molecule has 2 aromatic heterocycles. The molecule has 0 spiro atoms. The van der Waals surface area contributed by atoms with Gasteiger partial charge in [0.1, 0.15) is 11.9 Å². The molecule has 0 radical (unpaired) electrons. The minimum atomic E-state index is -0.322. The van der Waals surface area contributed by atoms with Crippen molar-refractivity contribution in [3.63, 3.8) is 0 Å². The van der Waals surface area contributed by atoms with E-state index < -0.39 is 0 Å². The van der Waals surface area contributed by atoms with E-state index in [0.29, 0.717) is 6.54 Å². The topological polar surface area (TPSA) is 66.3 Å². The summed E-state index contributed by atoms with van der Waals surface area (Å²) in [7, 11) is 2.14. The SMILES string of the molecule is C[C@H](C(=O)NCc1ccc(N2CCN(C)CC2)nc1)n1cccn1. The average molecular weight is 328 g/mol. The van der Waals surface area contributed by atoms with Gasteiger partial charge in [0.2, 0.25) is 5.91 Å². The molecule has 128 valence electrons. The molecular formula is C17H24N6O. The first-order chi connectivity index (χ1) is 11.6. The van der Waals surface area contributed by atoms with Gasteiger partial charge in [-0.15, -0.1) is 0 Å². The highest BCUT2D eigenvalue weighted by atomic mass is 16.2. The summed E-state index contributed by atoms with van der Waals surface area (Å²) in [5.74, 6) is 0.949. The second-order valence-electron chi connectivity index (χ2n) is 6.19. The van der Waals surface area contributed by atoms with Crippen LogP contribution >= 0.6 is 0 Å². The van der Waals surface area contributed by atoms with E-state index in [1.165, 1.54) is 0 Å². The van der Waals surface area contributed by atoms with Gasteiger partial charge >= 0.3 is 0 Å². The zero-order chi connectivity index (χ0) is 16.9. The Morgan fingerprint density at radius 2 is 2.08 bits per heavy atom. The summed E-state index contributed by atoms with van der Waals surface area (Å²) >= 11 is 0. The van der Waals surface area contributed by atoms with Crippen LogP contribution in [0.5, 0.6) is 0 Å². The van der Waals surface area contributed by atoms with Crippen LogP contribution in [0.2, 0.25) is 0 Å². The molecule has 0 unspecified atom stereocenters. The quantitative estimate of drug-likeness (QED) is 0.884. The average Bonchev–Trinajstić information content (AvgIpc) is 3.15. The predicted octanol–water partition coefficient (Wildman–Crippen LogP) is 0.907. The molecule has 1 atom stereocenters. The smallest absolute Gasteiger partial charge is 0.244 e. The summed E-state index contributed by atoms with van der Waals surface area (Å²) in [6.07, 6.45) is 5.30. The number of anilines is 1. The molecule has 1 N–H and O–H groups in total. The Bertz CT molecular complexity index is 646. The van der Waals surface area contributed by atoms with Crippen molar-refractivity contribution in [2.45, 2.75) is 19.5 Å². The second kappa shape index (κ2) is 7.44. The number of aromatic nitrogens is 3. The Labute approximate surface area is 142 Å². The first-order valence-corrected chi connectivity index (χ1v) is 8.29. The number of pyridine rings is 1. The van der Waals surface area contributed by atoms with Crippen LogP contribution in [0.25, 0.3) is 0 Å². The van der Waals surface area contributed by atoms with Crippen LogP contribution in [0, 0.1) is 0 Å². The predicted molar refractivity (Wildman–Crippen MR) is 92.7 cm³/mol. The maximum atomic E-state index is 12.2. The fourth-order valence-electron chi connectivity index (χ4n) is 2.71. The number of hydrogen-bond donors (Lipinski definition) is 1. The fourth-order valence-corrected chi connectivity index (χ4v) is 2.71. The summed E-state index contributed by atoms with van der Waals surface area (Å²) in [6, 6.07) is 5.55. The van der Waals surface area contributed by atoms with E-state index in [1.807, 2.05) is 31.3 Å². The van der Waals surface area contributed by atoms with Gasteiger partial charge in [-0.25, -0.2) is 4.98 Å². The molecule has 7 nitrogen and oxygen atoms in total. The Balaban J connectivity index is 1.52. The first-order valence-electron chi connectivity index (χ1n) is 8.29. The number of rotatable bonds is 5. The van der Waals surface area contributed by atoms with Crippen molar-refractivity contribution < 1.29 is 4.79 Å². The molecule has 7 heteroatoms. The van der Waals surface area contributed by atoms with Gasteiger partial charge in [0.15, 0.2) is 0 Å². The van der Waals surface area contributed by atoms with Crippen molar-refractivity contribution >= 4 is 11.7 Å². The third-order valence-corrected chi connectivity index (χ3v) is 4.40. The van der Waals surface area contributed by atoms with Crippen LogP contribution in [0.15, 0.2) is 36.8 Å². The van der Waals surface area contributed by atoms with Gasteiger partial charge < -0.3 is 15.1 Å². The highest BCUT2D eigenvalue weighted by Crippen LogP contribution is 2.13. The van der Waals surface area contributed by atoms with Gasteiger partial charge in [0, 0.05) is 51.3 Å². The van der Waals surface area contributed by atoms with Gasteiger partial charge in [-0.2, -0.15) is 5.10 Å². The molecule has 0 saturated carbocycles. The van der Waals surface area contributed by atoms with Gasteiger partial charge in [-0.1, -0.05) is 6.07 Å². The standard InChI is InChI=1S/C17H24N6O/c1-14(23-7-3-6-20-23)17(24)19-13-15-4-5-16(18-12-15)22-10-8-21(2)9-11-22/h3-7,12,14H,8-11,13H2,1-2H3,(H,19,24)/t14-/m1/s1. The summed E-state index contributed by atoms with van der Waals surface area (Å²) in [6.45, 7) is 6.43. The third-order valence-electron chi connectivity index (χ3n) is 4.40. The van der Waals surface area contributed by atoms with Gasteiger partial charge in [0.05, 0.1) is 0 Å². The van der Waals surface area contributed by atoms with Crippen molar-refractivity contribution in [3.05, 3.63) is 42.4 Å². The fraction of sp³-hybridized carbons (Fsp3) is 0.471. The molecule has 1 aliphatic heterocycles. The highest BCUT2D eigenvalue weighted by Gasteiger charge is 2.16. The number of nitrogens with zero attached hydrogens (tertiary/aromatic N) is 5. The minimum Gasteiger partial charge on any atom is -0.354 e. The van der Waals surface area contributed by atoms with E-state index in [0.717, 1.165) is 37.6 Å². The number of carbonyl (C=O) groups is 1. The number of likely N-dealkylation sites (N-methyl/N-ethyl adjacent to an activating group) is 1. The molecule has 24 heavy (non-hydrogen) atoms. The van der Waals surface area contributed by atoms with E-state index in [2.05, 4.69) is 32.2 Å². The van der Waals surface area contributed by atoms with E-state index in [4.69, 9.17) is 0 Å². The highest BCUT2D eigenvalue weighted by molar-refractivity contribution is 5.79. The van der Waals surface area contributed by atoms with Crippen molar-refractivity contribution in [1.82, 2.24) is 25.0 Å². The molecular weight excluding hydrogens is 304 g/mol. The first kappa shape index (κ1) is 16.4. The van der Waals surface area contributed by atoms with Gasteiger partial charge in [-0.05, 0) is 31.7 Å². The Morgan fingerprint density at radius 3 is 2.71 bits per heavy atom.